The number of benzene rings is 2. The molecule has 0 unspecified atom stereocenters. The van der Waals surface area contributed by atoms with Crippen LogP contribution in [0.5, 0.6) is 11.5 Å². The molecule has 0 bridgehead atoms. The molecule has 0 spiro atoms. The minimum absolute atomic E-state index is 0.205. The molecule has 2 aromatic rings. The summed E-state index contributed by atoms with van der Waals surface area (Å²) >= 11 is 6.20. The summed E-state index contributed by atoms with van der Waals surface area (Å²) in [5.74, 6) is -0.0272. The molecule has 0 aromatic heterocycles. The Kier molecular flexibility index (Phi) is 4.15. The van der Waals surface area contributed by atoms with Gasteiger partial charge < -0.3 is 14.6 Å². The second kappa shape index (κ2) is 5.84. The average Bonchev–Trinajstić information content (AvgIpc) is 2.47. The Morgan fingerprint density at radius 2 is 1.90 bits per heavy atom. The third-order valence-corrected chi connectivity index (χ3v) is 3.26. The first-order valence-electron chi connectivity index (χ1n) is 5.82. The van der Waals surface area contributed by atoms with Crippen LogP contribution in [0.15, 0.2) is 36.4 Å². The van der Waals surface area contributed by atoms with Crippen molar-refractivity contribution in [1.29, 1.82) is 0 Å². The van der Waals surface area contributed by atoms with E-state index in [1.54, 1.807) is 30.3 Å². The molecule has 2 rings (SSSR count). The van der Waals surface area contributed by atoms with Crippen LogP contribution >= 0.6 is 11.6 Å². The van der Waals surface area contributed by atoms with Crippen LogP contribution in [0.3, 0.4) is 0 Å². The van der Waals surface area contributed by atoms with E-state index in [-0.39, 0.29) is 5.56 Å². The summed E-state index contributed by atoms with van der Waals surface area (Å²) in [5, 5.41) is 9.40. The molecule has 0 heterocycles. The van der Waals surface area contributed by atoms with Crippen molar-refractivity contribution >= 4 is 17.6 Å². The number of carboxylic acids is 1. The molecule has 0 saturated carbocycles. The Balaban J connectivity index is 2.60. The van der Waals surface area contributed by atoms with Gasteiger partial charge in [-0.15, -0.1) is 0 Å². The largest absolute Gasteiger partial charge is 0.495 e. The number of carbonyl (C=O) groups is 1. The van der Waals surface area contributed by atoms with Crippen molar-refractivity contribution < 1.29 is 19.4 Å². The molecule has 0 aliphatic heterocycles. The highest BCUT2D eigenvalue weighted by Gasteiger charge is 2.15. The van der Waals surface area contributed by atoms with Gasteiger partial charge in [-0.2, -0.15) is 0 Å². The molecule has 2 aromatic carbocycles. The van der Waals surface area contributed by atoms with Crippen LogP contribution in [-0.2, 0) is 0 Å². The fourth-order valence-electron chi connectivity index (χ4n) is 1.94. The van der Waals surface area contributed by atoms with E-state index in [4.69, 9.17) is 26.2 Å². The SMILES string of the molecule is COc1ccc(-c2cccc(C(=O)O)c2)c(OC)c1Cl. The van der Waals surface area contributed by atoms with E-state index in [2.05, 4.69) is 0 Å². The molecule has 0 saturated heterocycles. The number of rotatable bonds is 4. The normalized spacial score (nSPS) is 10.2. The number of carboxylic acid groups (broad SMARTS) is 1. The molecular formula is C15H13ClO4. The van der Waals surface area contributed by atoms with Crippen LogP contribution in [0.2, 0.25) is 5.02 Å². The van der Waals surface area contributed by atoms with Crippen LogP contribution < -0.4 is 9.47 Å². The maximum atomic E-state index is 11.0. The highest BCUT2D eigenvalue weighted by atomic mass is 35.5. The molecule has 20 heavy (non-hydrogen) atoms. The third-order valence-electron chi connectivity index (χ3n) is 2.91. The van der Waals surface area contributed by atoms with Crippen LogP contribution in [0, 0.1) is 0 Å². The van der Waals surface area contributed by atoms with E-state index >= 15 is 0 Å². The van der Waals surface area contributed by atoms with Gasteiger partial charge in [0.25, 0.3) is 0 Å². The minimum atomic E-state index is -0.981. The number of aromatic carboxylic acids is 1. The van der Waals surface area contributed by atoms with Gasteiger partial charge in [-0.1, -0.05) is 23.7 Å². The van der Waals surface area contributed by atoms with Gasteiger partial charge in [-0.25, -0.2) is 4.79 Å². The van der Waals surface area contributed by atoms with Gasteiger partial charge in [0, 0.05) is 5.56 Å². The first kappa shape index (κ1) is 14.2. The predicted octanol–water partition coefficient (Wildman–Crippen LogP) is 3.72. The van der Waals surface area contributed by atoms with Gasteiger partial charge in [-0.3, -0.25) is 0 Å². The highest BCUT2D eigenvalue weighted by molar-refractivity contribution is 6.34. The minimum Gasteiger partial charge on any atom is -0.495 e. The second-order valence-electron chi connectivity index (χ2n) is 4.05. The summed E-state index contributed by atoms with van der Waals surface area (Å²) in [5.41, 5.74) is 1.63. The van der Waals surface area contributed by atoms with Crippen molar-refractivity contribution in [3.63, 3.8) is 0 Å². The number of halogens is 1. The number of hydrogen-bond donors (Lipinski definition) is 1. The van der Waals surface area contributed by atoms with Gasteiger partial charge >= 0.3 is 5.97 Å². The average molecular weight is 293 g/mol. The van der Waals surface area contributed by atoms with Gasteiger partial charge in [0.1, 0.15) is 16.5 Å². The monoisotopic (exact) mass is 292 g/mol. The summed E-state index contributed by atoms with van der Waals surface area (Å²) in [6, 6.07) is 10.1. The van der Waals surface area contributed by atoms with Crippen molar-refractivity contribution in [2.75, 3.05) is 14.2 Å². The summed E-state index contributed by atoms with van der Waals surface area (Å²) < 4.78 is 10.4. The number of ether oxygens (including phenoxy) is 2. The quantitative estimate of drug-likeness (QED) is 0.933. The van der Waals surface area contributed by atoms with Gasteiger partial charge in [0.15, 0.2) is 0 Å². The Bertz CT molecular complexity index is 652. The van der Waals surface area contributed by atoms with Crippen LogP contribution in [0.4, 0.5) is 0 Å². The lowest BCUT2D eigenvalue weighted by Gasteiger charge is -2.13. The molecule has 0 aliphatic rings. The first-order valence-corrected chi connectivity index (χ1v) is 6.20. The Morgan fingerprint density at radius 3 is 2.50 bits per heavy atom. The lowest BCUT2D eigenvalue weighted by Crippen LogP contribution is -1.97. The topological polar surface area (TPSA) is 55.8 Å². The molecule has 0 aliphatic carbocycles. The Labute approximate surface area is 121 Å². The van der Waals surface area contributed by atoms with Crippen molar-refractivity contribution in [3.05, 3.63) is 47.0 Å². The van der Waals surface area contributed by atoms with E-state index in [1.807, 2.05) is 0 Å². The zero-order chi connectivity index (χ0) is 14.7. The van der Waals surface area contributed by atoms with Crippen LogP contribution in [0.25, 0.3) is 11.1 Å². The molecule has 0 fully saturated rings. The molecular weight excluding hydrogens is 280 g/mol. The second-order valence-corrected chi connectivity index (χ2v) is 4.43. The smallest absolute Gasteiger partial charge is 0.335 e. The van der Waals surface area contributed by atoms with E-state index in [9.17, 15) is 4.79 Å². The maximum absolute atomic E-state index is 11.0. The first-order chi connectivity index (χ1) is 9.58. The number of methoxy groups -OCH3 is 2. The van der Waals surface area contributed by atoms with Crippen LogP contribution in [-0.4, -0.2) is 25.3 Å². The summed E-state index contributed by atoms with van der Waals surface area (Å²) in [7, 11) is 3.02. The molecule has 104 valence electrons. The van der Waals surface area contributed by atoms with Crippen molar-refractivity contribution in [2.24, 2.45) is 0 Å². The fraction of sp³-hybridized carbons (Fsp3) is 0.133. The highest BCUT2D eigenvalue weighted by Crippen LogP contribution is 2.41. The standard InChI is InChI=1S/C15H13ClO4/c1-19-12-7-6-11(14(20-2)13(12)16)9-4-3-5-10(8-9)15(17)18/h3-8H,1-2H3,(H,17,18). The zero-order valence-corrected chi connectivity index (χ0v) is 11.8. The van der Waals surface area contributed by atoms with Gasteiger partial charge in [0.05, 0.1) is 19.8 Å². The third kappa shape index (κ3) is 2.56. The molecule has 5 heteroatoms. The van der Waals surface area contributed by atoms with Crippen molar-refractivity contribution in [3.8, 4) is 22.6 Å². The van der Waals surface area contributed by atoms with E-state index < -0.39 is 5.97 Å². The summed E-state index contributed by atoms with van der Waals surface area (Å²) in [6.45, 7) is 0. The lowest BCUT2D eigenvalue weighted by atomic mass is 10.0. The Morgan fingerprint density at radius 1 is 1.15 bits per heavy atom. The van der Waals surface area contributed by atoms with E-state index in [0.29, 0.717) is 27.6 Å². The maximum Gasteiger partial charge on any atom is 0.335 e. The predicted molar refractivity (Wildman–Crippen MR) is 77.0 cm³/mol. The van der Waals surface area contributed by atoms with Gasteiger partial charge in [-0.05, 0) is 29.8 Å². The van der Waals surface area contributed by atoms with Gasteiger partial charge in [0.2, 0.25) is 0 Å². The molecule has 0 amide bonds. The molecule has 0 atom stereocenters. The van der Waals surface area contributed by atoms with Crippen molar-refractivity contribution in [2.45, 2.75) is 0 Å². The molecule has 4 nitrogen and oxygen atoms in total. The zero-order valence-electron chi connectivity index (χ0n) is 11.0. The number of hydrogen-bond acceptors (Lipinski definition) is 3. The molecule has 0 radical (unpaired) electrons. The van der Waals surface area contributed by atoms with E-state index in [1.165, 1.54) is 20.3 Å². The van der Waals surface area contributed by atoms with Crippen molar-refractivity contribution in [1.82, 2.24) is 0 Å². The van der Waals surface area contributed by atoms with Crippen LogP contribution in [0.1, 0.15) is 10.4 Å². The summed E-state index contributed by atoms with van der Waals surface area (Å²) in [4.78, 5) is 11.0. The van der Waals surface area contributed by atoms with E-state index in [0.717, 1.165) is 0 Å². The Hall–Kier alpha value is -2.20. The summed E-state index contributed by atoms with van der Waals surface area (Å²) in [6.07, 6.45) is 0. The molecule has 1 N–H and O–H groups in total. The fourth-order valence-corrected chi connectivity index (χ4v) is 2.26. The lowest BCUT2D eigenvalue weighted by molar-refractivity contribution is 0.0697.